The first-order valence-corrected chi connectivity index (χ1v) is 14.7. The second-order valence-corrected chi connectivity index (χ2v) is 13.3. The Morgan fingerprint density at radius 2 is 0.619 bits per heavy atom. The molecule has 0 atom stereocenters. The van der Waals surface area contributed by atoms with Gasteiger partial charge >= 0.3 is 36.3 Å². The van der Waals surface area contributed by atoms with Gasteiger partial charge in [0.05, 0.1) is 19.8 Å². The molecule has 0 saturated carbocycles. The van der Waals surface area contributed by atoms with Crippen LogP contribution in [0.5, 0.6) is 0 Å². The molecule has 0 heterocycles. The van der Waals surface area contributed by atoms with Crippen LogP contribution in [0.1, 0.15) is 13.3 Å². The van der Waals surface area contributed by atoms with Gasteiger partial charge in [0, 0.05) is 5.41 Å². The fourth-order valence-corrected chi connectivity index (χ4v) is 5.47. The van der Waals surface area contributed by atoms with E-state index in [4.69, 9.17) is 0 Å². The van der Waals surface area contributed by atoms with Crippen LogP contribution in [0.2, 0.25) is 0 Å². The van der Waals surface area contributed by atoms with Gasteiger partial charge in [0.25, 0.3) is 30.4 Å². The lowest BCUT2D eigenvalue weighted by Crippen LogP contribution is -2.46. The summed E-state index contributed by atoms with van der Waals surface area (Å²) in [6.45, 7) is -5.34. The van der Waals surface area contributed by atoms with E-state index in [1.54, 1.807) is 0 Å². The normalized spacial score (nSPS) is 15.7. The predicted molar refractivity (Wildman–Crippen MR) is 105 cm³/mol. The lowest BCUT2D eigenvalue weighted by atomic mass is 9.88. The Bertz CT molecular complexity index is 1090. The average Bonchev–Trinajstić information content (AvgIpc) is 2.69. The number of hydrogen-bond donors (Lipinski definition) is 0. The van der Waals surface area contributed by atoms with E-state index in [2.05, 4.69) is 12.5 Å². The van der Waals surface area contributed by atoms with Crippen molar-refractivity contribution >= 4 is 30.4 Å². The minimum Gasteiger partial charge on any atom is -0.269 e. The third-order valence-electron chi connectivity index (χ3n) is 4.70. The van der Waals surface area contributed by atoms with E-state index in [1.807, 2.05) is 0 Å². The van der Waals surface area contributed by atoms with Gasteiger partial charge in [0.2, 0.25) is 0 Å². The largest absolute Gasteiger partial charge is 0.454 e. The van der Waals surface area contributed by atoms with Crippen LogP contribution in [0.25, 0.3) is 0 Å². The molecular weight excluding hydrogens is 705 g/mol. The van der Waals surface area contributed by atoms with E-state index in [1.165, 1.54) is 0 Å². The van der Waals surface area contributed by atoms with Crippen molar-refractivity contribution in [1.29, 1.82) is 0 Å². The third-order valence-corrected chi connectivity index (χ3v) is 8.28. The predicted octanol–water partition coefficient (Wildman–Crippen LogP) is 4.01. The molecule has 9 nitrogen and oxygen atoms in total. The Hall–Kier alpha value is -1.32. The van der Waals surface area contributed by atoms with Gasteiger partial charge in [-0.15, -0.1) is 0 Å². The Kier molecular flexibility index (Phi) is 12.2. The van der Waals surface area contributed by atoms with Crippen molar-refractivity contribution in [3.63, 3.8) is 0 Å². The van der Waals surface area contributed by atoms with E-state index in [-0.39, 0.29) is 0 Å². The first-order chi connectivity index (χ1) is 18.1. The summed E-state index contributed by atoms with van der Waals surface area (Å²) in [5.41, 5.74) is -2.96. The van der Waals surface area contributed by atoms with Gasteiger partial charge < -0.3 is 0 Å². The second kappa shape index (κ2) is 12.6. The molecule has 0 saturated heterocycles. The second-order valence-electron chi connectivity index (χ2n) is 8.35. The van der Waals surface area contributed by atoms with Crippen molar-refractivity contribution in [2.75, 3.05) is 37.1 Å². The standard InChI is InChI=1S/C15H17F15O9S3/c1-2-9(3-37-40(31,32)6-10(16,17)13(22,23)24,4-38-41(33,34)7-11(18,19)14(25,26)27)5-39-42(35,36)8-12(20,21)15(28,29)30/h2-8H2,1H3. The van der Waals surface area contributed by atoms with Crippen LogP contribution in [0.3, 0.4) is 0 Å². The molecule has 254 valence electrons. The summed E-state index contributed by atoms with van der Waals surface area (Å²) >= 11 is 0. The maximum atomic E-state index is 13.1. The fraction of sp³-hybridized carbons (Fsp3) is 1.00. The highest BCUT2D eigenvalue weighted by Gasteiger charge is 2.62. The molecule has 0 bridgehead atoms. The minimum atomic E-state index is -6.51. The van der Waals surface area contributed by atoms with Gasteiger partial charge in [-0.25, -0.2) is 0 Å². The molecule has 42 heavy (non-hydrogen) atoms. The van der Waals surface area contributed by atoms with Crippen LogP contribution in [-0.4, -0.2) is 98.6 Å². The molecule has 0 spiro atoms. The molecule has 0 rings (SSSR count). The van der Waals surface area contributed by atoms with E-state index >= 15 is 0 Å². The number of hydrogen-bond acceptors (Lipinski definition) is 9. The molecule has 0 aliphatic heterocycles. The first kappa shape index (κ1) is 40.7. The molecule has 0 unspecified atom stereocenters. The Balaban J connectivity index is 6.28. The number of halogens is 15. The summed E-state index contributed by atoms with van der Waals surface area (Å²) in [6.07, 6.45) is -20.6. The highest BCUT2D eigenvalue weighted by molar-refractivity contribution is 7.87. The lowest BCUT2D eigenvalue weighted by Gasteiger charge is -2.32. The zero-order valence-electron chi connectivity index (χ0n) is 20.0. The van der Waals surface area contributed by atoms with Crippen molar-refractivity contribution in [1.82, 2.24) is 0 Å². The molecule has 0 aliphatic carbocycles. The van der Waals surface area contributed by atoms with Crippen molar-refractivity contribution in [3.05, 3.63) is 0 Å². The van der Waals surface area contributed by atoms with Gasteiger partial charge in [-0.05, 0) is 6.42 Å². The molecule has 0 aromatic carbocycles. The summed E-state index contributed by atoms with van der Waals surface area (Å²) in [5, 5.41) is 0. The van der Waals surface area contributed by atoms with Gasteiger partial charge in [-0.1, -0.05) is 6.92 Å². The summed E-state index contributed by atoms with van der Waals surface area (Å²) < 4.78 is 271. The molecule has 0 aromatic rings. The van der Waals surface area contributed by atoms with Crippen molar-refractivity contribution < 1.29 is 104 Å². The summed E-state index contributed by atoms with van der Waals surface area (Å²) in [7, 11) is -18.3. The third kappa shape index (κ3) is 12.0. The van der Waals surface area contributed by atoms with E-state index < -0.39 is 116 Å². The zero-order chi connectivity index (χ0) is 34.1. The molecule has 0 N–H and O–H groups in total. The maximum Gasteiger partial charge on any atom is 0.454 e. The van der Waals surface area contributed by atoms with Gasteiger partial charge in [-0.2, -0.15) is 91.1 Å². The number of alkyl halides is 15. The Morgan fingerprint density at radius 3 is 0.762 bits per heavy atom. The molecule has 0 aromatic heterocycles. The summed E-state index contributed by atoms with van der Waals surface area (Å²) in [6, 6.07) is 0. The first-order valence-electron chi connectivity index (χ1n) is 10.00. The topological polar surface area (TPSA) is 130 Å². The van der Waals surface area contributed by atoms with Crippen LogP contribution in [0, 0.1) is 5.41 Å². The van der Waals surface area contributed by atoms with Crippen LogP contribution in [0.4, 0.5) is 65.9 Å². The molecule has 0 aliphatic rings. The van der Waals surface area contributed by atoms with E-state index in [0.717, 1.165) is 0 Å². The van der Waals surface area contributed by atoms with Gasteiger partial charge in [0.15, 0.2) is 0 Å². The van der Waals surface area contributed by atoms with Crippen LogP contribution in [-0.2, 0) is 42.9 Å². The summed E-state index contributed by atoms with van der Waals surface area (Å²) in [5.74, 6) is -27.6. The van der Waals surface area contributed by atoms with Crippen LogP contribution in [0.15, 0.2) is 0 Å². The number of rotatable bonds is 16. The zero-order valence-corrected chi connectivity index (χ0v) is 22.5. The lowest BCUT2D eigenvalue weighted by molar-refractivity contribution is -0.272. The highest BCUT2D eigenvalue weighted by atomic mass is 32.2. The minimum absolute atomic E-state index is 0.709. The van der Waals surface area contributed by atoms with Gasteiger partial charge in [-0.3, -0.25) is 12.5 Å². The molecule has 27 heteroatoms. The summed E-state index contributed by atoms with van der Waals surface area (Å²) in [4.78, 5) is 0. The van der Waals surface area contributed by atoms with Crippen molar-refractivity contribution in [2.45, 2.75) is 49.6 Å². The van der Waals surface area contributed by atoms with E-state index in [0.29, 0.717) is 6.92 Å². The molecule has 0 radical (unpaired) electrons. The van der Waals surface area contributed by atoms with Crippen molar-refractivity contribution in [2.24, 2.45) is 5.41 Å². The van der Waals surface area contributed by atoms with Crippen LogP contribution >= 0.6 is 0 Å². The molecular formula is C15H17F15O9S3. The van der Waals surface area contributed by atoms with Crippen LogP contribution < -0.4 is 0 Å². The quantitative estimate of drug-likeness (QED) is 0.171. The van der Waals surface area contributed by atoms with Gasteiger partial charge in [0.1, 0.15) is 17.3 Å². The Labute approximate surface area is 226 Å². The highest BCUT2D eigenvalue weighted by Crippen LogP contribution is 2.40. The van der Waals surface area contributed by atoms with Crippen molar-refractivity contribution in [3.8, 4) is 0 Å². The SMILES string of the molecule is CCC(COS(=O)(=O)CC(F)(F)C(F)(F)F)(COS(=O)(=O)CC(F)(F)C(F)(F)F)COS(=O)(=O)CC(F)(F)C(F)(F)F. The van der Waals surface area contributed by atoms with E-state index in [9.17, 15) is 91.1 Å². The molecule has 0 fully saturated rings. The average molecular weight is 722 g/mol. The Morgan fingerprint density at radius 1 is 0.429 bits per heavy atom. The smallest absolute Gasteiger partial charge is 0.269 e. The maximum absolute atomic E-state index is 13.1. The monoisotopic (exact) mass is 722 g/mol. The fourth-order valence-electron chi connectivity index (χ4n) is 2.11. The molecule has 0 amide bonds.